The van der Waals surface area contributed by atoms with Crippen LogP contribution in [0.5, 0.6) is 0 Å². The molecular weight excluding hydrogens is 138 g/mol. The Hall–Kier alpha value is 0.0569. The second-order valence-corrected chi connectivity index (χ2v) is 4.18. The molecule has 0 aliphatic rings. The summed E-state index contributed by atoms with van der Waals surface area (Å²) in [5, 5.41) is 25.1. The van der Waals surface area contributed by atoms with Crippen LogP contribution in [0.3, 0.4) is 0 Å². The molecule has 0 heterocycles. The highest BCUT2D eigenvalue weighted by molar-refractivity contribution is 6.37. The smallest absolute Gasteiger partial charge is 0.241 e. The van der Waals surface area contributed by atoms with Crippen molar-refractivity contribution in [1.29, 1.82) is 0 Å². The normalized spacial score (nSPS) is 13.3. The standard InChI is InChI=1S/C4H13NO3Si/c5-2-1-3-9-4(6,7)8/h6-8H,1-3,5,9H2. The minimum Gasteiger partial charge on any atom is -0.348 e. The summed E-state index contributed by atoms with van der Waals surface area (Å²) in [6.07, 6.45) is 0.760. The molecule has 4 nitrogen and oxygen atoms in total. The fraction of sp³-hybridized carbons (Fsp3) is 1.00. The molecule has 56 valence electrons. The Labute approximate surface area is 56.1 Å². The van der Waals surface area contributed by atoms with Crippen molar-refractivity contribution in [2.75, 3.05) is 6.54 Å². The van der Waals surface area contributed by atoms with E-state index in [4.69, 9.17) is 21.1 Å². The van der Waals surface area contributed by atoms with Crippen molar-refractivity contribution >= 4 is 9.52 Å². The van der Waals surface area contributed by atoms with E-state index in [1.165, 1.54) is 0 Å². The van der Waals surface area contributed by atoms with Crippen molar-refractivity contribution in [2.45, 2.75) is 18.1 Å². The Bertz CT molecular complexity index is 72.7. The maximum absolute atomic E-state index is 8.38. The molecule has 0 aliphatic carbocycles. The lowest BCUT2D eigenvalue weighted by molar-refractivity contribution is -0.246. The van der Waals surface area contributed by atoms with Crippen molar-refractivity contribution in [2.24, 2.45) is 5.73 Å². The van der Waals surface area contributed by atoms with Gasteiger partial charge in [-0.3, -0.25) is 0 Å². The van der Waals surface area contributed by atoms with Crippen LogP contribution in [0, 0.1) is 0 Å². The number of nitrogens with two attached hydrogens (primary N) is 1. The molecule has 0 amide bonds. The minimum absolute atomic E-state index is 0.545. The van der Waals surface area contributed by atoms with Crippen LogP contribution in [0.2, 0.25) is 6.04 Å². The maximum Gasteiger partial charge on any atom is 0.241 e. The number of hydrogen-bond acceptors (Lipinski definition) is 4. The van der Waals surface area contributed by atoms with Gasteiger partial charge in [-0.25, -0.2) is 0 Å². The summed E-state index contributed by atoms with van der Waals surface area (Å²) >= 11 is 0. The highest BCUT2D eigenvalue weighted by Crippen LogP contribution is 1.95. The van der Waals surface area contributed by atoms with Gasteiger partial charge < -0.3 is 21.1 Å². The van der Waals surface area contributed by atoms with Crippen molar-refractivity contribution < 1.29 is 15.3 Å². The van der Waals surface area contributed by atoms with Gasteiger partial charge in [0, 0.05) is 0 Å². The summed E-state index contributed by atoms with van der Waals surface area (Å²) in [7, 11) is -1.17. The number of rotatable bonds is 4. The van der Waals surface area contributed by atoms with Gasteiger partial charge in [-0.2, -0.15) is 0 Å². The molecule has 0 aromatic carbocycles. The van der Waals surface area contributed by atoms with E-state index < -0.39 is 15.1 Å². The molecule has 0 saturated carbocycles. The Morgan fingerprint density at radius 2 is 1.89 bits per heavy atom. The van der Waals surface area contributed by atoms with Crippen molar-refractivity contribution in [3.05, 3.63) is 0 Å². The lowest BCUT2D eigenvalue weighted by atomic mass is 10.5. The van der Waals surface area contributed by atoms with Crippen LogP contribution < -0.4 is 5.73 Å². The third-order valence-corrected chi connectivity index (χ3v) is 2.49. The Balaban J connectivity index is 3.07. The van der Waals surface area contributed by atoms with Crippen molar-refractivity contribution in [3.63, 3.8) is 0 Å². The summed E-state index contributed by atoms with van der Waals surface area (Å²) in [6.45, 7) is 0.545. The van der Waals surface area contributed by atoms with E-state index in [1.54, 1.807) is 0 Å². The SMILES string of the molecule is NCCC[SiH2]C(O)(O)O. The first-order valence-corrected chi connectivity index (χ1v) is 4.64. The Kier molecular flexibility index (Phi) is 3.99. The van der Waals surface area contributed by atoms with Gasteiger partial charge in [-0.1, -0.05) is 6.04 Å². The zero-order valence-corrected chi connectivity index (χ0v) is 6.66. The van der Waals surface area contributed by atoms with E-state index >= 15 is 0 Å². The molecule has 0 unspecified atom stereocenters. The van der Waals surface area contributed by atoms with Crippen LogP contribution in [0.15, 0.2) is 0 Å². The van der Waals surface area contributed by atoms with Crippen molar-refractivity contribution in [1.82, 2.24) is 0 Å². The van der Waals surface area contributed by atoms with Crippen LogP contribution >= 0.6 is 0 Å². The monoisotopic (exact) mass is 151 g/mol. The zero-order chi connectivity index (χ0) is 7.33. The van der Waals surface area contributed by atoms with Gasteiger partial charge in [0.25, 0.3) is 0 Å². The molecule has 9 heavy (non-hydrogen) atoms. The highest BCUT2D eigenvalue weighted by Gasteiger charge is 2.16. The fourth-order valence-electron chi connectivity index (χ4n) is 0.507. The van der Waals surface area contributed by atoms with Crippen molar-refractivity contribution in [3.8, 4) is 0 Å². The molecule has 0 saturated heterocycles. The van der Waals surface area contributed by atoms with E-state index in [2.05, 4.69) is 0 Å². The minimum atomic E-state index is -2.37. The largest absolute Gasteiger partial charge is 0.348 e. The van der Waals surface area contributed by atoms with E-state index in [0.717, 1.165) is 6.42 Å². The summed E-state index contributed by atoms with van der Waals surface area (Å²) in [5.41, 5.74) is 2.77. The van der Waals surface area contributed by atoms with Gasteiger partial charge >= 0.3 is 0 Å². The molecule has 0 rings (SSSR count). The average molecular weight is 151 g/mol. The fourth-order valence-corrected chi connectivity index (χ4v) is 1.52. The Morgan fingerprint density at radius 3 is 2.22 bits per heavy atom. The third-order valence-electron chi connectivity index (χ3n) is 0.966. The highest BCUT2D eigenvalue weighted by atomic mass is 28.2. The average Bonchev–Trinajstić information content (AvgIpc) is 1.63. The zero-order valence-electron chi connectivity index (χ0n) is 5.25. The molecule has 5 N–H and O–H groups in total. The number of hydrogen-bond donors (Lipinski definition) is 4. The van der Waals surface area contributed by atoms with Crippen LogP contribution in [0.25, 0.3) is 0 Å². The molecule has 0 aromatic rings. The summed E-state index contributed by atoms with van der Waals surface area (Å²) < 4.78 is 0. The topological polar surface area (TPSA) is 86.7 Å². The molecular formula is C4H13NO3Si. The van der Waals surface area contributed by atoms with Crippen LogP contribution in [0.1, 0.15) is 6.42 Å². The first-order valence-electron chi connectivity index (χ1n) is 2.93. The van der Waals surface area contributed by atoms with Crippen LogP contribution in [-0.4, -0.2) is 37.0 Å². The lowest BCUT2D eigenvalue weighted by Crippen LogP contribution is -2.34. The summed E-state index contributed by atoms with van der Waals surface area (Å²) in [4.78, 5) is 0. The summed E-state index contributed by atoms with van der Waals surface area (Å²) in [6, 6.07) is 0.667. The van der Waals surface area contributed by atoms with Crippen LogP contribution in [-0.2, 0) is 0 Å². The van der Waals surface area contributed by atoms with Gasteiger partial charge in [0.05, 0.1) is 0 Å². The molecule has 0 radical (unpaired) electrons. The maximum atomic E-state index is 8.38. The second-order valence-electron chi connectivity index (χ2n) is 2.02. The second kappa shape index (κ2) is 3.97. The quantitative estimate of drug-likeness (QED) is 0.203. The van der Waals surface area contributed by atoms with Crippen LogP contribution in [0.4, 0.5) is 0 Å². The molecule has 5 heteroatoms. The molecule has 0 spiro atoms. The van der Waals surface area contributed by atoms with E-state index in [1.807, 2.05) is 0 Å². The first-order chi connectivity index (χ1) is 4.06. The van der Waals surface area contributed by atoms with Gasteiger partial charge in [-0.15, -0.1) is 0 Å². The summed E-state index contributed by atoms with van der Waals surface area (Å²) in [5.74, 6) is 0. The van der Waals surface area contributed by atoms with E-state index in [9.17, 15) is 0 Å². The van der Waals surface area contributed by atoms with Gasteiger partial charge in [0.15, 0.2) is 0 Å². The van der Waals surface area contributed by atoms with Gasteiger partial charge in [0.2, 0.25) is 5.60 Å². The number of aliphatic hydroxyl groups is 3. The van der Waals surface area contributed by atoms with Gasteiger partial charge in [0.1, 0.15) is 9.52 Å². The van der Waals surface area contributed by atoms with E-state index in [-0.39, 0.29) is 0 Å². The predicted molar refractivity (Wildman–Crippen MR) is 36.4 cm³/mol. The van der Waals surface area contributed by atoms with E-state index in [0.29, 0.717) is 12.6 Å². The molecule has 0 aliphatic heterocycles. The third kappa shape index (κ3) is 8.06. The predicted octanol–water partition coefficient (Wildman–Crippen LogP) is -2.49. The first kappa shape index (κ1) is 9.06. The molecule has 0 aromatic heterocycles. The molecule has 0 fully saturated rings. The molecule has 0 atom stereocenters. The lowest BCUT2D eigenvalue weighted by Gasteiger charge is -2.11. The Morgan fingerprint density at radius 1 is 1.33 bits per heavy atom. The van der Waals surface area contributed by atoms with Gasteiger partial charge in [-0.05, 0) is 13.0 Å². The molecule has 0 bridgehead atoms.